The van der Waals surface area contributed by atoms with E-state index < -0.39 is 0 Å². The van der Waals surface area contributed by atoms with Crippen LogP contribution >= 0.6 is 11.6 Å². The molecule has 0 amide bonds. The molecule has 1 aromatic heterocycles. The first-order chi connectivity index (χ1) is 9.63. The first-order valence-corrected chi connectivity index (χ1v) is 7.12. The molecule has 0 saturated carbocycles. The Morgan fingerprint density at radius 1 is 1.30 bits per heavy atom. The summed E-state index contributed by atoms with van der Waals surface area (Å²) in [6.45, 7) is 7.23. The van der Waals surface area contributed by atoms with E-state index >= 15 is 0 Å². The molecule has 0 aliphatic heterocycles. The van der Waals surface area contributed by atoms with Crippen molar-refractivity contribution in [1.29, 1.82) is 0 Å². The second kappa shape index (κ2) is 6.72. The number of anilines is 1. The first kappa shape index (κ1) is 14.8. The Balaban J connectivity index is 2.08. The summed E-state index contributed by atoms with van der Waals surface area (Å²) in [5.41, 5.74) is 6.99. The molecule has 0 unspecified atom stereocenters. The van der Waals surface area contributed by atoms with Gasteiger partial charge in [0.2, 0.25) is 0 Å². The maximum atomic E-state index is 6.13. The molecular formula is C14H19ClN4O. The van der Waals surface area contributed by atoms with E-state index in [1.165, 1.54) is 0 Å². The van der Waals surface area contributed by atoms with E-state index in [0.29, 0.717) is 28.0 Å². The van der Waals surface area contributed by atoms with E-state index in [4.69, 9.17) is 21.9 Å². The summed E-state index contributed by atoms with van der Waals surface area (Å²) in [7, 11) is 0. The van der Waals surface area contributed by atoms with Gasteiger partial charge in [0.1, 0.15) is 0 Å². The number of nitrogens with zero attached hydrogens (tertiary/aromatic N) is 3. The summed E-state index contributed by atoms with van der Waals surface area (Å²) in [6.07, 6.45) is 0.762. The zero-order chi connectivity index (χ0) is 14.5. The molecule has 0 fully saturated rings. The van der Waals surface area contributed by atoms with Gasteiger partial charge in [-0.25, -0.2) is 0 Å². The highest BCUT2D eigenvalue weighted by Crippen LogP contribution is 2.28. The van der Waals surface area contributed by atoms with Gasteiger partial charge in [0, 0.05) is 18.7 Å². The van der Waals surface area contributed by atoms with E-state index in [1.54, 1.807) is 18.2 Å². The number of hydrogen-bond acceptors (Lipinski definition) is 5. The third-order valence-corrected chi connectivity index (χ3v) is 3.55. The Hall–Kier alpha value is -1.59. The molecule has 0 aliphatic carbocycles. The predicted molar refractivity (Wildman–Crippen MR) is 80.6 cm³/mol. The largest absolute Gasteiger partial charge is 0.399 e. The fourth-order valence-electron chi connectivity index (χ4n) is 1.97. The molecule has 20 heavy (non-hydrogen) atoms. The summed E-state index contributed by atoms with van der Waals surface area (Å²) in [5, 5.41) is 4.51. The molecule has 2 rings (SSSR count). The molecule has 2 aromatic rings. The minimum atomic E-state index is 0.435. The molecule has 2 N–H and O–H groups in total. The molecule has 6 heteroatoms. The number of benzene rings is 1. The maximum Gasteiger partial charge on any atom is 0.259 e. The van der Waals surface area contributed by atoms with Crippen LogP contribution in [-0.4, -0.2) is 34.7 Å². The number of nitrogens with two attached hydrogens (primary N) is 1. The molecule has 1 heterocycles. The Morgan fingerprint density at radius 3 is 2.70 bits per heavy atom. The Kier molecular flexibility index (Phi) is 4.98. The van der Waals surface area contributed by atoms with Crippen LogP contribution in [0.3, 0.4) is 0 Å². The molecule has 0 atom stereocenters. The smallest absolute Gasteiger partial charge is 0.259 e. The molecule has 0 aliphatic rings. The summed E-state index contributed by atoms with van der Waals surface area (Å²) in [4.78, 5) is 6.69. The average molecular weight is 295 g/mol. The van der Waals surface area contributed by atoms with Crippen LogP contribution in [0.15, 0.2) is 22.7 Å². The SMILES string of the molecule is CCN(CC)CCc1noc(-c2ccc(N)cc2Cl)n1. The van der Waals surface area contributed by atoms with Crippen LogP contribution in [0.25, 0.3) is 11.5 Å². The Morgan fingerprint density at radius 2 is 2.05 bits per heavy atom. The zero-order valence-electron chi connectivity index (χ0n) is 11.8. The van der Waals surface area contributed by atoms with Crippen LogP contribution in [0.1, 0.15) is 19.7 Å². The Bertz CT molecular complexity index is 566. The van der Waals surface area contributed by atoms with Gasteiger partial charge in [0.05, 0.1) is 10.6 Å². The number of likely N-dealkylation sites (N-methyl/N-ethyl adjacent to an activating group) is 1. The quantitative estimate of drug-likeness (QED) is 0.830. The van der Waals surface area contributed by atoms with Crippen LogP contribution in [0.5, 0.6) is 0 Å². The maximum absolute atomic E-state index is 6.13. The molecule has 0 saturated heterocycles. The third kappa shape index (κ3) is 3.49. The van der Waals surface area contributed by atoms with Crippen LogP contribution in [0.4, 0.5) is 5.69 Å². The lowest BCUT2D eigenvalue weighted by molar-refractivity contribution is 0.303. The fraction of sp³-hybridized carbons (Fsp3) is 0.429. The van der Waals surface area contributed by atoms with Gasteiger partial charge in [-0.05, 0) is 31.3 Å². The lowest BCUT2D eigenvalue weighted by Gasteiger charge is -2.16. The highest BCUT2D eigenvalue weighted by molar-refractivity contribution is 6.33. The normalized spacial score (nSPS) is 11.2. The second-order valence-corrected chi connectivity index (χ2v) is 4.94. The summed E-state index contributed by atoms with van der Waals surface area (Å²) >= 11 is 6.13. The van der Waals surface area contributed by atoms with E-state index in [9.17, 15) is 0 Å². The molecule has 0 radical (unpaired) electrons. The standard InChI is InChI=1S/C14H19ClN4O/c1-3-19(4-2)8-7-13-17-14(20-18-13)11-6-5-10(16)9-12(11)15/h5-6,9H,3-4,7-8,16H2,1-2H3. The number of nitrogen functional groups attached to an aromatic ring is 1. The van der Waals surface area contributed by atoms with Crippen LogP contribution in [0.2, 0.25) is 5.02 Å². The van der Waals surface area contributed by atoms with Crippen molar-refractivity contribution in [3.8, 4) is 11.5 Å². The topological polar surface area (TPSA) is 68.2 Å². The highest BCUT2D eigenvalue weighted by Gasteiger charge is 2.13. The predicted octanol–water partition coefficient (Wildman–Crippen LogP) is 2.86. The van der Waals surface area contributed by atoms with E-state index in [1.807, 2.05) is 0 Å². The van der Waals surface area contributed by atoms with Gasteiger partial charge in [-0.1, -0.05) is 30.6 Å². The molecule has 5 nitrogen and oxygen atoms in total. The average Bonchev–Trinajstić information content (AvgIpc) is 2.88. The Labute approximate surface area is 123 Å². The minimum absolute atomic E-state index is 0.435. The van der Waals surface area contributed by atoms with Gasteiger partial charge < -0.3 is 15.2 Å². The summed E-state index contributed by atoms with van der Waals surface area (Å²) in [6, 6.07) is 5.23. The van der Waals surface area contributed by atoms with Crippen molar-refractivity contribution in [2.24, 2.45) is 0 Å². The number of hydrogen-bond donors (Lipinski definition) is 1. The molecular weight excluding hydrogens is 276 g/mol. The molecule has 0 bridgehead atoms. The van der Waals surface area contributed by atoms with E-state index in [-0.39, 0.29) is 0 Å². The molecule has 1 aromatic carbocycles. The first-order valence-electron chi connectivity index (χ1n) is 6.74. The zero-order valence-corrected chi connectivity index (χ0v) is 12.5. The third-order valence-electron chi connectivity index (χ3n) is 3.24. The number of aromatic nitrogens is 2. The van der Waals surface area contributed by atoms with Gasteiger partial charge >= 0.3 is 0 Å². The summed E-state index contributed by atoms with van der Waals surface area (Å²) < 4.78 is 5.27. The van der Waals surface area contributed by atoms with Crippen molar-refractivity contribution in [3.05, 3.63) is 29.0 Å². The van der Waals surface area contributed by atoms with Crippen molar-refractivity contribution in [3.63, 3.8) is 0 Å². The minimum Gasteiger partial charge on any atom is -0.399 e. The summed E-state index contributed by atoms with van der Waals surface area (Å²) in [5.74, 6) is 1.13. The lowest BCUT2D eigenvalue weighted by atomic mass is 10.2. The molecule has 0 spiro atoms. The lowest BCUT2D eigenvalue weighted by Crippen LogP contribution is -2.25. The van der Waals surface area contributed by atoms with Crippen molar-refractivity contribution in [2.45, 2.75) is 20.3 Å². The fourth-order valence-corrected chi connectivity index (χ4v) is 2.24. The van der Waals surface area contributed by atoms with Gasteiger partial charge in [-0.15, -0.1) is 0 Å². The van der Waals surface area contributed by atoms with Crippen molar-refractivity contribution in [2.75, 3.05) is 25.4 Å². The highest BCUT2D eigenvalue weighted by atomic mass is 35.5. The monoisotopic (exact) mass is 294 g/mol. The van der Waals surface area contributed by atoms with Gasteiger partial charge in [-0.3, -0.25) is 0 Å². The van der Waals surface area contributed by atoms with Crippen LogP contribution in [-0.2, 0) is 6.42 Å². The van der Waals surface area contributed by atoms with Gasteiger partial charge in [0.15, 0.2) is 5.82 Å². The number of rotatable bonds is 6. The second-order valence-electron chi connectivity index (χ2n) is 4.53. The van der Waals surface area contributed by atoms with E-state index in [0.717, 1.165) is 26.1 Å². The van der Waals surface area contributed by atoms with Gasteiger partial charge in [-0.2, -0.15) is 4.98 Å². The van der Waals surface area contributed by atoms with Crippen LogP contribution < -0.4 is 5.73 Å². The van der Waals surface area contributed by atoms with Gasteiger partial charge in [0.25, 0.3) is 5.89 Å². The van der Waals surface area contributed by atoms with Crippen molar-refractivity contribution < 1.29 is 4.52 Å². The van der Waals surface area contributed by atoms with E-state index in [2.05, 4.69) is 28.9 Å². The van der Waals surface area contributed by atoms with Crippen LogP contribution in [0, 0.1) is 0 Å². The number of halogens is 1. The van der Waals surface area contributed by atoms with Crippen molar-refractivity contribution >= 4 is 17.3 Å². The van der Waals surface area contributed by atoms with Crippen molar-refractivity contribution in [1.82, 2.24) is 15.0 Å². The molecule has 108 valence electrons.